The first-order valence-corrected chi connectivity index (χ1v) is 27.0. The van der Waals surface area contributed by atoms with E-state index in [1.54, 1.807) is 0 Å². The van der Waals surface area contributed by atoms with Crippen molar-refractivity contribution in [1.82, 2.24) is 31.4 Å². The summed E-state index contributed by atoms with van der Waals surface area (Å²) in [6.07, 6.45) is 0. The van der Waals surface area contributed by atoms with Crippen molar-refractivity contribution in [2.24, 2.45) is 0 Å². The number of amides is 3. The lowest BCUT2D eigenvalue weighted by Crippen LogP contribution is -2.24. The van der Waals surface area contributed by atoms with Crippen LogP contribution in [0.15, 0.2) is 123 Å². The van der Waals surface area contributed by atoms with E-state index in [0.717, 1.165) is 112 Å². The van der Waals surface area contributed by atoms with Crippen LogP contribution in [0.2, 0.25) is 0 Å². The van der Waals surface area contributed by atoms with Crippen molar-refractivity contribution in [1.29, 1.82) is 0 Å². The van der Waals surface area contributed by atoms with Gasteiger partial charge < -0.3 is 45.5 Å². The third-order valence-electron chi connectivity index (χ3n) is 14.9. The van der Waals surface area contributed by atoms with Gasteiger partial charge in [-0.25, -0.2) is 0 Å². The molecule has 0 aliphatic rings. The monoisotopic (exact) mass is 1090 g/mol. The third-order valence-corrected chi connectivity index (χ3v) is 14.9. The first-order valence-electron chi connectivity index (χ1n) is 27.0. The maximum absolute atomic E-state index is 12.9. The van der Waals surface area contributed by atoms with Gasteiger partial charge in [0.1, 0.15) is 17.2 Å². The number of anilines is 3. The van der Waals surface area contributed by atoms with Gasteiger partial charge in [0.2, 0.25) is 0 Å². The van der Waals surface area contributed by atoms with Gasteiger partial charge >= 0.3 is 0 Å². The van der Waals surface area contributed by atoms with Gasteiger partial charge in [-0.05, 0) is 170 Å². The van der Waals surface area contributed by atoms with E-state index >= 15 is 0 Å². The predicted molar refractivity (Wildman–Crippen MR) is 324 cm³/mol. The Morgan fingerprint density at radius 3 is 1.05 bits per heavy atom. The van der Waals surface area contributed by atoms with Crippen molar-refractivity contribution in [3.05, 3.63) is 210 Å². The average molecular weight is 1090 g/mol. The lowest BCUT2D eigenvalue weighted by atomic mass is 9.97. The second-order valence-electron chi connectivity index (χ2n) is 20.4. The molecule has 6 aromatic carbocycles. The number of aryl methyl sites for hydroxylation is 7. The number of carbonyl (C=O) groups is 3. The lowest BCUT2D eigenvalue weighted by Gasteiger charge is -2.15. The van der Waals surface area contributed by atoms with E-state index in [0.29, 0.717) is 42.1 Å². The summed E-state index contributed by atoms with van der Waals surface area (Å²) in [6, 6.07) is 36.9. The summed E-state index contributed by atoms with van der Waals surface area (Å²) in [6.45, 7) is 24.4. The third kappa shape index (κ3) is 14.3. The molecular formula is C66H75N9O6. The van der Waals surface area contributed by atoms with Crippen LogP contribution in [0.4, 0.5) is 17.1 Å². The molecule has 6 N–H and O–H groups in total. The van der Waals surface area contributed by atoms with Crippen molar-refractivity contribution in [2.75, 3.05) is 37.1 Å². The maximum Gasteiger partial charge on any atom is 0.252 e. The molecule has 81 heavy (non-hydrogen) atoms. The highest BCUT2D eigenvalue weighted by Gasteiger charge is 2.20. The number of benzene rings is 6. The Hall–Kier alpha value is -9.24. The molecule has 9 aromatic rings. The number of carbonyl (C=O) groups excluding carboxylic acids is 3. The molecule has 0 fully saturated rings. The first-order chi connectivity index (χ1) is 38.7. The smallest absolute Gasteiger partial charge is 0.252 e. The molecule has 9 rings (SSSR count). The van der Waals surface area contributed by atoms with E-state index in [9.17, 15) is 14.4 Å². The molecule has 15 heteroatoms. The van der Waals surface area contributed by atoms with Crippen LogP contribution in [0.1, 0.15) is 116 Å². The highest BCUT2D eigenvalue weighted by Crippen LogP contribution is 2.32. The van der Waals surface area contributed by atoms with Crippen LogP contribution in [-0.4, -0.2) is 54.3 Å². The Morgan fingerprint density at radius 2 is 0.728 bits per heavy atom. The van der Waals surface area contributed by atoms with Gasteiger partial charge in [0, 0.05) is 78.1 Å². The zero-order valence-corrected chi connectivity index (χ0v) is 49.3. The molecule has 0 atom stereocenters. The number of rotatable bonds is 15. The Kier molecular flexibility index (Phi) is 19.5. The highest BCUT2D eigenvalue weighted by atomic mass is 16.5. The summed E-state index contributed by atoms with van der Waals surface area (Å²) < 4.78 is 15.6. The SMILES string of the molecule is CNc1cc(-c2ccc(C)cc2)cc(C(=O)NCc2c(C)noc2C)c1C.CNc1cc(-c2ccc(C)cc2)cc(C(=O)NCc2noc(C)c2C)c1C.CNc1cc(-c2ccc(C)cc2)cc(C(=O)NCc2onc(C)c2C)c1C. The van der Waals surface area contributed by atoms with Gasteiger partial charge in [0.15, 0.2) is 5.76 Å². The molecule has 15 nitrogen and oxygen atoms in total. The van der Waals surface area contributed by atoms with Crippen LogP contribution >= 0.6 is 0 Å². The highest BCUT2D eigenvalue weighted by molar-refractivity contribution is 6.00. The van der Waals surface area contributed by atoms with Crippen molar-refractivity contribution in [2.45, 2.75) is 103 Å². The van der Waals surface area contributed by atoms with Crippen molar-refractivity contribution in [3.63, 3.8) is 0 Å². The number of hydrogen-bond acceptors (Lipinski definition) is 12. The number of aromatic nitrogens is 3. The minimum Gasteiger partial charge on any atom is -0.388 e. The van der Waals surface area contributed by atoms with Crippen LogP contribution in [-0.2, 0) is 19.6 Å². The quantitative estimate of drug-likeness (QED) is 0.0568. The molecule has 0 aliphatic heterocycles. The van der Waals surface area contributed by atoms with E-state index in [-0.39, 0.29) is 17.7 Å². The molecule has 3 heterocycles. The Morgan fingerprint density at radius 1 is 0.370 bits per heavy atom. The minimum absolute atomic E-state index is 0.113. The van der Waals surface area contributed by atoms with Crippen molar-refractivity contribution >= 4 is 34.8 Å². The fourth-order valence-corrected chi connectivity index (χ4v) is 9.16. The van der Waals surface area contributed by atoms with Crippen molar-refractivity contribution in [3.8, 4) is 33.4 Å². The number of hydrogen-bond donors (Lipinski definition) is 6. The summed E-state index contributed by atoms with van der Waals surface area (Å²) >= 11 is 0. The van der Waals surface area contributed by atoms with Gasteiger partial charge in [0.05, 0.1) is 24.5 Å². The van der Waals surface area contributed by atoms with Gasteiger partial charge in [0.25, 0.3) is 17.7 Å². The number of nitrogens with one attached hydrogen (secondary N) is 6. The summed E-state index contributed by atoms with van der Waals surface area (Å²) in [4.78, 5) is 38.6. The molecule has 0 bridgehead atoms. The standard InChI is InChI=1S/3C22H25N3O2/c1-13-6-8-17(9-7-13)18-10-19(14(2)21(11-18)23-5)22(26)24-12-20-15(3)25-27-16(20)4;1-13-6-8-17(9-7-13)18-10-19(15(3)20(11-18)23-5)22(26)24-12-21-14(2)16(4)27-25-21;1-13-6-8-17(9-7-13)18-10-19(15(3)20(11-18)23-5)22(26)24-12-21-14(2)16(4)25-27-21/h3*6-11,23H,12H2,1-5H3,(H,24,26). The molecule has 0 unspecified atom stereocenters. The van der Waals surface area contributed by atoms with Crippen LogP contribution in [0.5, 0.6) is 0 Å². The van der Waals surface area contributed by atoms with E-state index in [1.807, 2.05) is 102 Å². The second-order valence-corrected chi connectivity index (χ2v) is 20.4. The molecule has 3 aromatic heterocycles. The van der Waals surface area contributed by atoms with Crippen molar-refractivity contribution < 1.29 is 28.0 Å². The molecular weight excluding hydrogens is 1010 g/mol. The lowest BCUT2D eigenvalue weighted by molar-refractivity contribution is 0.0939. The van der Waals surface area contributed by atoms with E-state index in [4.69, 9.17) is 13.6 Å². The minimum atomic E-state index is -0.133. The van der Waals surface area contributed by atoms with Crippen LogP contribution in [0, 0.1) is 83.1 Å². The maximum atomic E-state index is 12.9. The normalized spacial score (nSPS) is 10.7. The molecule has 0 saturated carbocycles. The largest absolute Gasteiger partial charge is 0.388 e. The molecule has 0 saturated heterocycles. The zero-order valence-electron chi connectivity index (χ0n) is 49.3. The molecule has 0 aliphatic carbocycles. The molecule has 0 spiro atoms. The topological polar surface area (TPSA) is 201 Å². The van der Waals surface area contributed by atoms with E-state index in [2.05, 4.69) is 159 Å². The fourth-order valence-electron chi connectivity index (χ4n) is 9.16. The number of nitrogens with zero attached hydrogens (tertiary/aromatic N) is 3. The second kappa shape index (κ2) is 26.6. The summed E-state index contributed by atoms with van der Waals surface area (Å²) in [7, 11) is 5.60. The summed E-state index contributed by atoms with van der Waals surface area (Å²) in [5.74, 6) is 1.81. The molecule has 420 valence electrons. The zero-order chi connectivity index (χ0) is 58.7. The average Bonchev–Trinajstić information content (AvgIpc) is 4.14. The Balaban J connectivity index is 0.000000175. The van der Waals surface area contributed by atoms with Crippen LogP contribution < -0.4 is 31.9 Å². The summed E-state index contributed by atoms with van der Waals surface area (Å²) in [5.41, 5.74) is 22.6. The van der Waals surface area contributed by atoms with Gasteiger partial charge in [-0.2, -0.15) is 0 Å². The predicted octanol–water partition coefficient (Wildman–Crippen LogP) is 13.6. The first kappa shape index (κ1) is 59.4. The van der Waals surface area contributed by atoms with Crippen LogP contribution in [0.25, 0.3) is 33.4 Å². The fraction of sp³-hybridized carbons (Fsp3) is 0.273. The van der Waals surface area contributed by atoms with Gasteiger partial charge in [-0.1, -0.05) is 105 Å². The Bertz CT molecular complexity index is 3500. The van der Waals surface area contributed by atoms with Crippen LogP contribution in [0.3, 0.4) is 0 Å². The van der Waals surface area contributed by atoms with E-state index < -0.39 is 0 Å². The Labute approximate surface area is 475 Å². The van der Waals surface area contributed by atoms with Gasteiger partial charge in [-0.15, -0.1) is 0 Å². The molecule has 3 amide bonds. The molecule has 0 radical (unpaired) electrons. The van der Waals surface area contributed by atoms with Gasteiger partial charge in [-0.3, -0.25) is 14.4 Å². The van der Waals surface area contributed by atoms with E-state index in [1.165, 1.54) is 16.7 Å². The summed E-state index contributed by atoms with van der Waals surface area (Å²) in [5, 5.41) is 30.4.